The number of nitrogens with zero attached hydrogens (tertiary/aromatic N) is 5. The zero-order valence-electron chi connectivity index (χ0n) is 15.6. The first-order chi connectivity index (χ1) is 13.7. The molecule has 140 valence electrons. The second-order valence-electron chi connectivity index (χ2n) is 7.12. The molecule has 2 aromatic heterocycles. The molecule has 0 amide bonds. The van der Waals surface area contributed by atoms with Gasteiger partial charge in [0.15, 0.2) is 5.82 Å². The molecule has 0 N–H and O–H groups in total. The van der Waals surface area contributed by atoms with Crippen molar-refractivity contribution >= 4 is 0 Å². The number of hydrogen-bond acceptors (Lipinski definition) is 3. The van der Waals surface area contributed by atoms with Crippen LogP contribution in [0.15, 0.2) is 54.6 Å². The van der Waals surface area contributed by atoms with Gasteiger partial charge in [0.2, 0.25) is 0 Å². The molecule has 0 saturated carbocycles. The van der Waals surface area contributed by atoms with Crippen LogP contribution in [0.1, 0.15) is 29.2 Å². The quantitative estimate of drug-likeness (QED) is 0.541. The summed E-state index contributed by atoms with van der Waals surface area (Å²) in [4.78, 5) is 4.62. The molecular weight excluding hydrogens is 353 g/mol. The predicted molar refractivity (Wildman–Crippen MR) is 105 cm³/mol. The second kappa shape index (κ2) is 6.71. The Bertz CT molecular complexity index is 1130. The van der Waals surface area contributed by atoms with Crippen LogP contribution < -0.4 is 0 Å². The molecule has 1 aliphatic rings. The van der Waals surface area contributed by atoms with Gasteiger partial charge in [0.1, 0.15) is 11.6 Å². The van der Waals surface area contributed by atoms with Gasteiger partial charge in [0.25, 0.3) is 0 Å². The van der Waals surface area contributed by atoms with Gasteiger partial charge in [-0.3, -0.25) is 0 Å². The van der Waals surface area contributed by atoms with Crippen LogP contribution in [0.5, 0.6) is 0 Å². The molecule has 0 aliphatic heterocycles. The van der Waals surface area contributed by atoms with Crippen molar-refractivity contribution in [2.75, 3.05) is 0 Å². The van der Waals surface area contributed by atoms with Gasteiger partial charge in [-0.1, -0.05) is 30.3 Å². The zero-order valence-corrected chi connectivity index (χ0v) is 15.6. The minimum absolute atomic E-state index is 0.238. The van der Waals surface area contributed by atoms with Crippen LogP contribution in [0.25, 0.3) is 17.1 Å². The Morgan fingerprint density at radius 3 is 2.54 bits per heavy atom. The molecule has 0 fully saturated rings. The first-order valence-corrected chi connectivity index (χ1v) is 9.51. The number of hydrogen-bond donors (Lipinski definition) is 0. The Labute approximate surface area is 162 Å². The van der Waals surface area contributed by atoms with Crippen molar-refractivity contribution in [1.29, 1.82) is 0 Å². The van der Waals surface area contributed by atoms with Crippen LogP contribution in [0, 0.1) is 12.7 Å². The molecule has 2 heterocycles. The fourth-order valence-corrected chi connectivity index (χ4v) is 3.95. The van der Waals surface area contributed by atoms with E-state index in [1.807, 2.05) is 46.6 Å². The molecule has 0 unspecified atom stereocenters. The molecule has 2 aromatic carbocycles. The molecular formula is C22H20FN5. The highest BCUT2D eigenvalue weighted by Gasteiger charge is 2.24. The molecule has 5 rings (SSSR count). The summed E-state index contributed by atoms with van der Waals surface area (Å²) in [5.74, 6) is 1.35. The lowest BCUT2D eigenvalue weighted by molar-refractivity contribution is 0.626. The van der Waals surface area contributed by atoms with E-state index in [1.54, 1.807) is 12.1 Å². The lowest BCUT2D eigenvalue weighted by Crippen LogP contribution is -2.07. The third-order valence-corrected chi connectivity index (χ3v) is 5.19. The largest absolute Gasteiger partial charge is 0.239 e. The van der Waals surface area contributed by atoms with E-state index in [2.05, 4.69) is 10.1 Å². The lowest BCUT2D eigenvalue weighted by atomic mass is 10.2. The molecule has 0 spiro atoms. The van der Waals surface area contributed by atoms with Gasteiger partial charge in [0.05, 0.1) is 17.9 Å². The van der Waals surface area contributed by atoms with Crippen LogP contribution in [0.2, 0.25) is 0 Å². The smallest absolute Gasteiger partial charge is 0.158 e. The predicted octanol–water partition coefficient (Wildman–Crippen LogP) is 4.12. The van der Waals surface area contributed by atoms with Gasteiger partial charge in [-0.25, -0.2) is 18.7 Å². The Kier molecular flexibility index (Phi) is 4.04. The molecule has 0 atom stereocenters. The molecule has 0 radical (unpaired) electrons. The van der Waals surface area contributed by atoms with Gasteiger partial charge < -0.3 is 0 Å². The number of benzene rings is 2. The Morgan fingerprint density at radius 1 is 0.964 bits per heavy atom. The fraction of sp³-hybridized carbons (Fsp3) is 0.227. The second-order valence-corrected chi connectivity index (χ2v) is 7.12. The van der Waals surface area contributed by atoms with Crippen molar-refractivity contribution in [3.63, 3.8) is 0 Å². The molecule has 0 bridgehead atoms. The van der Waals surface area contributed by atoms with E-state index in [9.17, 15) is 4.39 Å². The minimum Gasteiger partial charge on any atom is -0.239 e. The van der Waals surface area contributed by atoms with Gasteiger partial charge in [-0.15, -0.1) is 0 Å². The van der Waals surface area contributed by atoms with Crippen LogP contribution in [-0.2, 0) is 19.4 Å². The number of rotatable bonds is 4. The maximum Gasteiger partial charge on any atom is 0.158 e. The summed E-state index contributed by atoms with van der Waals surface area (Å²) in [7, 11) is 0. The first kappa shape index (κ1) is 16.9. The zero-order chi connectivity index (χ0) is 19.1. The standard InChI is InChI=1S/C22H20FN5/c1-15-24-22(16-6-3-2-4-7-16)27(25-15)14-20-19-8-5-9-21(19)28(26-20)18-12-10-17(23)11-13-18/h2-4,6-7,10-13H,5,8-9,14H2,1H3. The Morgan fingerprint density at radius 2 is 1.75 bits per heavy atom. The third-order valence-electron chi connectivity index (χ3n) is 5.19. The molecule has 28 heavy (non-hydrogen) atoms. The first-order valence-electron chi connectivity index (χ1n) is 9.51. The van der Waals surface area contributed by atoms with Gasteiger partial charge in [-0.05, 0) is 56.0 Å². The van der Waals surface area contributed by atoms with Gasteiger partial charge in [0, 0.05) is 11.3 Å². The van der Waals surface area contributed by atoms with E-state index in [0.29, 0.717) is 6.54 Å². The summed E-state index contributed by atoms with van der Waals surface area (Å²) >= 11 is 0. The Hall–Kier alpha value is -3.28. The SMILES string of the molecule is Cc1nc(-c2ccccc2)n(Cc2nn(-c3ccc(F)cc3)c3c2CCC3)n1. The summed E-state index contributed by atoms with van der Waals surface area (Å²) in [5, 5.41) is 9.48. The number of halogens is 1. The molecule has 0 saturated heterocycles. The van der Waals surface area contributed by atoms with E-state index in [-0.39, 0.29) is 5.82 Å². The van der Waals surface area contributed by atoms with Crippen molar-refractivity contribution in [3.05, 3.63) is 83.2 Å². The molecule has 5 nitrogen and oxygen atoms in total. The van der Waals surface area contributed by atoms with Crippen LogP contribution in [0.3, 0.4) is 0 Å². The van der Waals surface area contributed by atoms with Crippen molar-refractivity contribution in [1.82, 2.24) is 24.5 Å². The number of fused-ring (bicyclic) bond motifs is 1. The highest BCUT2D eigenvalue weighted by atomic mass is 19.1. The summed E-state index contributed by atoms with van der Waals surface area (Å²) < 4.78 is 17.2. The monoisotopic (exact) mass is 373 g/mol. The van der Waals surface area contributed by atoms with Crippen LogP contribution >= 0.6 is 0 Å². The van der Waals surface area contributed by atoms with Crippen LogP contribution in [-0.4, -0.2) is 24.5 Å². The Balaban J connectivity index is 1.56. The fourth-order valence-electron chi connectivity index (χ4n) is 3.95. The van der Waals surface area contributed by atoms with Crippen molar-refractivity contribution in [3.8, 4) is 17.1 Å². The third kappa shape index (κ3) is 2.91. The topological polar surface area (TPSA) is 48.5 Å². The highest BCUT2D eigenvalue weighted by Crippen LogP contribution is 2.29. The van der Waals surface area contributed by atoms with E-state index in [4.69, 9.17) is 5.10 Å². The maximum absolute atomic E-state index is 13.3. The highest BCUT2D eigenvalue weighted by molar-refractivity contribution is 5.55. The van der Waals surface area contributed by atoms with Crippen molar-refractivity contribution in [2.24, 2.45) is 0 Å². The molecule has 4 aromatic rings. The summed E-state index contributed by atoms with van der Waals surface area (Å²) in [6.07, 6.45) is 3.12. The maximum atomic E-state index is 13.3. The molecule has 1 aliphatic carbocycles. The minimum atomic E-state index is -0.238. The van der Waals surface area contributed by atoms with Gasteiger partial charge >= 0.3 is 0 Å². The average Bonchev–Trinajstić information content (AvgIpc) is 3.40. The van der Waals surface area contributed by atoms with Crippen molar-refractivity contribution < 1.29 is 4.39 Å². The van der Waals surface area contributed by atoms with Crippen molar-refractivity contribution in [2.45, 2.75) is 32.7 Å². The number of aryl methyl sites for hydroxylation is 1. The summed E-state index contributed by atoms with van der Waals surface area (Å²) in [6, 6.07) is 16.6. The van der Waals surface area contributed by atoms with Gasteiger partial charge in [-0.2, -0.15) is 10.2 Å². The summed E-state index contributed by atoms with van der Waals surface area (Å²) in [6.45, 7) is 2.48. The molecule has 6 heteroatoms. The number of aromatic nitrogens is 5. The van der Waals surface area contributed by atoms with Crippen LogP contribution in [0.4, 0.5) is 4.39 Å². The van der Waals surface area contributed by atoms with E-state index in [1.165, 1.54) is 23.4 Å². The van der Waals surface area contributed by atoms with E-state index >= 15 is 0 Å². The van der Waals surface area contributed by atoms with E-state index in [0.717, 1.165) is 47.9 Å². The lowest BCUT2D eigenvalue weighted by Gasteiger charge is -2.06. The normalized spacial score (nSPS) is 13.1. The average molecular weight is 373 g/mol. The van der Waals surface area contributed by atoms with E-state index < -0.39 is 0 Å². The summed E-state index contributed by atoms with van der Waals surface area (Å²) in [5.41, 5.74) is 5.46.